The predicted octanol–water partition coefficient (Wildman–Crippen LogP) is 4.21. The van der Waals surface area contributed by atoms with Crippen LogP contribution in [0, 0.1) is 5.92 Å². The SMILES string of the molecule is C[C@H]1CCC[C@](O)(CNC(=O)c2c(Cl)ccc3nc(Cl)ccc23)C1. The van der Waals surface area contributed by atoms with E-state index in [9.17, 15) is 9.90 Å². The fourth-order valence-corrected chi connectivity index (χ4v) is 3.91. The molecule has 1 fully saturated rings. The van der Waals surface area contributed by atoms with Gasteiger partial charge < -0.3 is 10.4 Å². The number of hydrogen-bond acceptors (Lipinski definition) is 3. The normalized spacial score (nSPS) is 24.1. The smallest absolute Gasteiger partial charge is 0.253 e. The molecule has 6 heteroatoms. The Hall–Kier alpha value is -1.36. The molecule has 128 valence electrons. The van der Waals surface area contributed by atoms with Gasteiger partial charge in [0, 0.05) is 11.9 Å². The van der Waals surface area contributed by atoms with Crippen molar-refractivity contribution in [2.75, 3.05) is 6.54 Å². The van der Waals surface area contributed by atoms with Crippen LogP contribution in [0.2, 0.25) is 10.2 Å². The molecule has 0 radical (unpaired) electrons. The molecular weight excluding hydrogens is 347 g/mol. The third-order valence-corrected chi connectivity index (χ3v) is 5.18. The van der Waals surface area contributed by atoms with Gasteiger partial charge in [0.1, 0.15) is 5.15 Å². The van der Waals surface area contributed by atoms with Gasteiger partial charge in [-0.05, 0) is 43.0 Å². The van der Waals surface area contributed by atoms with Gasteiger partial charge in [0.15, 0.2) is 0 Å². The summed E-state index contributed by atoms with van der Waals surface area (Å²) in [6.07, 6.45) is 3.51. The second-order valence-electron chi connectivity index (χ2n) is 6.73. The summed E-state index contributed by atoms with van der Waals surface area (Å²) >= 11 is 12.1. The van der Waals surface area contributed by atoms with Crippen LogP contribution in [0.5, 0.6) is 0 Å². The van der Waals surface area contributed by atoms with Gasteiger partial charge in [-0.15, -0.1) is 0 Å². The van der Waals surface area contributed by atoms with E-state index in [1.165, 1.54) is 0 Å². The molecule has 1 saturated carbocycles. The molecule has 1 amide bonds. The van der Waals surface area contributed by atoms with Crippen LogP contribution in [-0.2, 0) is 0 Å². The number of fused-ring (bicyclic) bond motifs is 1. The first-order valence-electron chi connectivity index (χ1n) is 8.13. The van der Waals surface area contributed by atoms with E-state index in [2.05, 4.69) is 17.2 Å². The first-order chi connectivity index (χ1) is 11.4. The van der Waals surface area contributed by atoms with Crippen molar-refractivity contribution in [2.45, 2.75) is 38.2 Å². The molecule has 1 aromatic heterocycles. The maximum atomic E-state index is 12.7. The molecule has 0 spiro atoms. The standard InChI is InChI=1S/C18H20Cl2N2O2/c1-11-3-2-8-18(24,9-11)10-21-17(23)16-12-4-7-15(20)22-14(12)6-5-13(16)19/h4-7,11,24H,2-3,8-10H2,1H3,(H,21,23)/t11-,18+/m0/s1. The number of rotatable bonds is 3. The zero-order chi connectivity index (χ0) is 17.3. The van der Waals surface area contributed by atoms with E-state index in [0.29, 0.717) is 45.4 Å². The topological polar surface area (TPSA) is 62.2 Å². The molecular formula is C18H20Cl2N2O2. The second-order valence-corrected chi connectivity index (χ2v) is 7.53. The van der Waals surface area contributed by atoms with E-state index in [-0.39, 0.29) is 12.5 Å². The average molecular weight is 367 g/mol. The zero-order valence-electron chi connectivity index (χ0n) is 13.5. The fourth-order valence-electron chi connectivity index (χ4n) is 3.51. The number of amides is 1. The van der Waals surface area contributed by atoms with Crippen LogP contribution in [0.15, 0.2) is 24.3 Å². The molecule has 24 heavy (non-hydrogen) atoms. The van der Waals surface area contributed by atoms with E-state index in [0.717, 1.165) is 12.8 Å². The van der Waals surface area contributed by atoms with E-state index < -0.39 is 5.60 Å². The minimum atomic E-state index is -0.841. The lowest BCUT2D eigenvalue weighted by molar-refractivity contribution is -0.0109. The summed E-state index contributed by atoms with van der Waals surface area (Å²) in [6.45, 7) is 2.35. The summed E-state index contributed by atoms with van der Waals surface area (Å²) in [5.74, 6) is 0.162. The highest BCUT2D eigenvalue weighted by Gasteiger charge is 2.33. The molecule has 0 bridgehead atoms. The van der Waals surface area contributed by atoms with Gasteiger partial charge in [0.25, 0.3) is 5.91 Å². The predicted molar refractivity (Wildman–Crippen MR) is 96.7 cm³/mol. The van der Waals surface area contributed by atoms with Gasteiger partial charge in [0.2, 0.25) is 0 Å². The largest absolute Gasteiger partial charge is 0.388 e. The third-order valence-electron chi connectivity index (χ3n) is 4.66. The Labute approximate surface area is 151 Å². The minimum Gasteiger partial charge on any atom is -0.388 e. The molecule has 0 saturated heterocycles. The van der Waals surface area contributed by atoms with Crippen molar-refractivity contribution < 1.29 is 9.90 Å². The Kier molecular flexibility index (Phi) is 5.00. The number of pyridine rings is 1. The van der Waals surface area contributed by atoms with E-state index in [1.807, 2.05) is 0 Å². The highest BCUT2D eigenvalue weighted by molar-refractivity contribution is 6.36. The maximum Gasteiger partial charge on any atom is 0.253 e. The lowest BCUT2D eigenvalue weighted by atomic mass is 9.79. The van der Waals surface area contributed by atoms with Crippen LogP contribution >= 0.6 is 23.2 Å². The number of halogens is 2. The number of aromatic nitrogens is 1. The van der Waals surface area contributed by atoms with Crippen molar-refractivity contribution in [1.29, 1.82) is 0 Å². The lowest BCUT2D eigenvalue weighted by Crippen LogP contribution is -2.45. The first-order valence-corrected chi connectivity index (χ1v) is 8.89. The monoisotopic (exact) mass is 366 g/mol. The quantitative estimate of drug-likeness (QED) is 0.799. The molecule has 2 aromatic rings. The molecule has 1 aliphatic rings. The molecule has 1 heterocycles. The van der Waals surface area contributed by atoms with Gasteiger partial charge in [0.05, 0.1) is 21.7 Å². The number of hydrogen-bond donors (Lipinski definition) is 2. The number of nitrogens with zero attached hydrogens (tertiary/aromatic N) is 1. The summed E-state index contributed by atoms with van der Waals surface area (Å²) in [5, 5.41) is 14.9. The molecule has 2 N–H and O–H groups in total. The van der Waals surface area contributed by atoms with Crippen LogP contribution in [-0.4, -0.2) is 28.1 Å². The van der Waals surface area contributed by atoms with Crippen LogP contribution in [0.25, 0.3) is 10.9 Å². The van der Waals surface area contributed by atoms with Gasteiger partial charge in [-0.2, -0.15) is 0 Å². The Morgan fingerprint density at radius 3 is 2.92 bits per heavy atom. The molecule has 3 rings (SSSR count). The van der Waals surface area contributed by atoms with Gasteiger partial charge in [-0.25, -0.2) is 4.98 Å². The lowest BCUT2D eigenvalue weighted by Gasteiger charge is -2.35. The second kappa shape index (κ2) is 6.87. The van der Waals surface area contributed by atoms with Crippen molar-refractivity contribution in [2.24, 2.45) is 5.92 Å². The fraction of sp³-hybridized carbons (Fsp3) is 0.444. The van der Waals surface area contributed by atoms with Crippen LogP contribution in [0.1, 0.15) is 43.0 Å². The maximum absolute atomic E-state index is 12.7. The number of carbonyl (C=O) groups excluding carboxylic acids is 1. The molecule has 2 atom stereocenters. The van der Waals surface area contributed by atoms with Gasteiger partial charge in [-0.3, -0.25) is 4.79 Å². The van der Waals surface area contributed by atoms with Crippen molar-refractivity contribution >= 4 is 40.0 Å². The number of aliphatic hydroxyl groups is 1. The number of carbonyl (C=O) groups is 1. The Balaban J connectivity index is 1.82. The van der Waals surface area contributed by atoms with Crippen LogP contribution in [0.3, 0.4) is 0 Å². The Bertz CT molecular complexity index is 781. The van der Waals surface area contributed by atoms with Crippen molar-refractivity contribution in [1.82, 2.24) is 10.3 Å². The minimum absolute atomic E-state index is 0.226. The first kappa shape index (κ1) is 17.5. The summed E-state index contributed by atoms with van der Waals surface area (Å²) in [6, 6.07) is 6.74. The highest BCUT2D eigenvalue weighted by atomic mass is 35.5. The molecule has 0 unspecified atom stereocenters. The van der Waals surface area contributed by atoms with E-state index >= 15 is 0 Å². The van der Waals surface area contributed by atoms with Crippen molar-refractivity contribution in [3.05, 3.63) is 40.0 Å². The number of benzene rings is 1. The number of nitrogens with one attached hydrogen (secondary N) is 1. The van der Waals surface area contributed by atoms with E-state index in [1.54, 1.807) is 24.3 Å². The summed E-state index contributed by atoms with van der Waals surface area (Å²) in [7, 11) is 0. The zero-order valence-corrected chi connectivity index (χ0v) is 15.0. The molecule has 1 aliphatic carbocycles. The Morgan fingerprint density at radius 1 is 1.38 bits per heavy atom. The highest BCUT2D eigenvalue weighted by Crippen LogP contribution is 2.32. The van der Waals surface area contributed by atoms with Crippen LogP contribution in [0.4, 0.5) is 0 Å². The average Bonchev–Trinajstić information content (AvgIpc) is 2.52. The molecule has 1 aromatic carbocycles. The van der Waals surface area contributed by atoms with E-state index in [4.69, 9.17) is 23.2 Å². The van der Waals surface area contributed by atoms with Crippen molar-refractivity contribution in [3.63, 3.8) is 0 Å². The van der Waals surface area contributed by atoms with Crippen LogP contribution < -0.4 is 5.32 Å². The third kappa shape index (κ3) is 3.66. The Morgan fingerprint density at radius 2 is 2.17 bits per heavy atom. The summed E-state index contributed by atoms with van der Waals surface area (Å²) in [5.41, 5.74) is 0.138. The summed E-state index contributed by atoms with van der Waals surface area (Å²) in [4.78, 5) is 16.9. The van der Waals surface area contributed by atoms with Gasteiger partial charge in [-0.1, -0.05) is 43.0 Å². The van der Waals surface area contributed by atoms with Gasteiger partial charge >= 0.3 is 0 Å². The molecule has 4 nitrogen and oxygen atoms in total. The summed E-state index contributed by atoms with van der Waals surface area (Å²) < 4.78 is 0. The molecule has 0 aliphatic heterocycles. The van der Waals surface area contributed by atoms with Crippen molar-refractivity contribution in [3.8, 4) is 0 Å².